The molecule has 0 radical (unpaired) electrons. The summed E-state index contributed by atoms with van der Waals surface area (Å²) < 4.78 is 0. The summed E-state index contributed by atoms with van der Waals surface area (Å²) in [5.74, 6) is 0.160. The van der Waals surface area contributed by atoms with E-state index >= 15 is 0 Å². The number of hydrogen-bond acceptors (Lipinski definition) is 2. The molecule has 0 bridgehead atoms. The van der Waals surface area contributed by atoms with Crippen molar-refractivity contribution in [2.24, 2.45) is 5.41 Å². The molecule has 0 saturated carbocycles. The summed E-state index contributed by atoms with van der Waals surface area (Å²) in [6.45, 7) is 7.90. The van der Waals surface area contributed by atoms with E-state index < -0.39 is 0 Å². The third kappa shape index (κ3) is 2.27. The van der Waals surface area contributed by atoms with Crippen molar-refractivity contribution >= 4 is 11.6 Å². The first-order valence-electron chi connectivity index (χ1n) is 6.67. The van der Waals surface area contributed by atoms with Gasteiger partial charge in [-0.1, -0.05) is 25.1 Å². The van der Waals surface area contributed by atoms with E-state index in [0.29, 0.717) is 0 Å². The third-order valence-corrected chi connectivity index (χ3v) is 4.12. The van der Waals surface area contributed by atoms with Crippen molar-refractivity contribution in [2.45, 2.75) is 33.6 Å². The molecule has 1 saturated heterocycles. The molecule has 98 valence electrons. The molecule has 1 amide bonds. The number of carbonyl (C=O) groups excluding carboxylic acids is 1. The van der Waals surface area contributed by atoms with Crippen LogP contribution in [0.15, 0.2) is 18.2 Å². The molecule has 1 heterocycles. The summed E-state index contributed by atoms with van der Waals surface area (Å²) in [5, 5.41) is 6.43. The van der Waals surface area contributed by atoms with Crippen LogP contribution < -0.4 is 10.6 Å². The lowest BCUT2D eigenvalue weighted by Gasteiger charge is -2.26. The Morgan fingerprint density at radius 2 is 2.06 bits per heavy atom. The zero-order valence-corrected chi connectivity index (χ0v) is 11.5. The molecule has 0 aliphatic carbocycles. The van der Waals surface area contributed by atoms with E-state index in [1.807, 2.05) is 32.0 Å². The molecule has 2 rings (SSSR count). The minimum Gasteiger partial charge on any atom is -0.325 e. The smallest absolute Gasteiger partial charge is 0.231 e. The Hall–Kier alpha value is -1.35. The van der Waals surface area contributed by atoms with Crippen molar-refractivity contribution in [3.05, 3.63) is 29.3 Å². The van der Waals surface area contributed by atoms with Gasteiger partial charge in [-0.2, -0.15) is 0 Å². The molecule has 0 aromatic heterocycles. The number of aryl methyl sites for hydroxylation is 2. The topological polar surface area (TPSA) is 41.1 Å². The molecule has 3 nitrogen and oxygen atoms in total. The predicted octanol–water partition coefficient (Wildman–Crippen LogP) is 2.63. The molecule has 1 atom stereocenters. The lowest BCUT2D eigenvalue weighted by atomic mass is 9.83. The van der Waals surface area contributed by atoms with Crippen molar-refractivity contribution in [1.29, 1.82) is 0 Å². The summed E-state index contributed by atoms with van der Waals surface area (Å²) in [6, 6.07) is 6.09. The van der Waals surface area contributed by atoms with E-state index in [2.05, 4.69) is 17.6 Å². The molecule has 3 heteroatoms. The molecule has 1 aliphatic heterocycles. The summed E-state index contributed by atoms with van der Waals surface area (Å²) in [7, 11) is 0. The maximum Gasteiger partial charge on any atom is 0.231 e. The van der Waals surface area contributed by atoms with Crippen molar-refractivity contribution in [3.63, 3.8) is 0 Å². The molecular weight excluding hydrogens is 224 g/mol. The first kappa shape index (κ1) is 13.1. The minimum atomic E-state index is -0.227. The second-order valence-corrected chi connectivity index (χ2v) is 5.28. The fourth-order valence-electron chi connectivity index (χ4n) is 2.66. The number of amides is 1. The van der Waals surface area contributed by atoms with Gasteiger partial charge >= 0.3 is 0 Å². The van der Waals surface area contributed by atoms with Crippen LogP contribution in [-0.4, -0.2) is 19.0 Å². The van der Waals surface area contributed by atoms with Gasteiger partial charge in [-0.3, -0.25) is 4.79 Å². The van der Waals surface area contributed by atoms with Gasteiger partial charge in [0.25, 0.3) is 0 Å². The Bertz CT molecular complexity index is 428. The maximum atomic E-state index is 12.5. The highest BCUT2D eigenvalue weighted by atomic mass is 16.2. The molecule has 1 aromatic rings. The van der Waals surface area contributed by atoms with E-state index in [4.69, 9.17) is 0 Å². The Balaban J connectivity index is 2.21. The third-order valence-electron chi connectivity index (χ3n) is 4.12. The number of nitrogens with one attached hydrogen (secondary N) is 2. The molecule has 0 spiro atoms. The number of hydrogen-bond donors (Lipinski definition) is 2. The zero-order valence-electron chi connectivity index (χ0n) is 11.5. The minimum absolute atomic E-state index is 0.160. The molecule has 1 unspecified atom stereocenters. The van der Waals surface area contributed by atoms with Gasteiger partial charge in [0.15, 0.2) is 0 Å². The standard InChI is InChI=1S/C15H22N2O/c1-4-15(8-9-16-10-15)14(18)17-13-11(2)6-5-7-12(13)3/h5-7,16H,4,8-10H2,1-3H3,(H,17,18). The summed E-state index contributed by atoms with van der Waals surface area (Å²) in [4.78, 5) is 12.5. The highest BCUT2D eigenvalue weighted by molar-refractivity contribution is 5.97. The van der Waals surface area contributed by atoms with E-state index in [-0.39, 0.29) is 11.3 Å². The lowest BCUT2D eigenvalue weighted by Crippen LogP contribution is -2.37. The monoisotopic (exact) mass is 246 g/mol. The van der Waals surface area contributed by atoms with Crippen LogP contribution >= 0.6 is 0 Å². The summed E-state index contributed by atoms with van der Waals surface area (Å²) >= 11 is 0. The number of para-hydroxylation sites is 1. The fraction of sp³-hybridized carbons (Fsp3) is 0.533. The van der Waals surface area contributed by atoms with Crippen LogP contribution in [0, 0.1) is 19.3 Å². The molecule has 1 aromatic carbocycles. The quantitative estimate of drug-likeness (QED) is 0.861. The van der Waals surface area contributed by atoms with Crippen molar-refractivity contribution < 1.29 is 4.79 Å². The van der Waals surface area contributed by atoms with Gasteiger partial charge in [-0.25, -0.2) is 0 Å². The number of anilines is 1. The normalized spacial score (nSPS) is 23.1. The largest absolute Gasteiger partial charge is 0.325 e. The fourth-order valence-corrected chi connectivity index (χ4v) is 2.66. The highest BCUT2D eigenvalue weighted by Crippen LogP contribution is 2.32. The van der Waals surface area contributed by atoms with E-state index in [1.165, 1.54) is 0 Å². The van der Waals surface area contributed by atoms with Crippen LogP contribution in [0.3, 0.4) is 0 Å². The Kier molecular flexibility index (Phi) is 3.71. The van der Waals surface area contributed by atoms with Gasteiger partial charge < -0.3 is 10.6 Å². The zero-order chi connectivity index (χ0) is 13.2. The molecular formula is C15H22N2O. The van der Waals surface area contributed by atoms with Gasteiger partial charge in [-0.15, -0.1) is 0 Å². The molecule has 18 heavy (non-hydrogen) atoms. The SMILES string of the molecule is CCC1(C(=O)Nc2c(C)cccc2C)CCNC1. The van der Waals surface area contributed by atoms with Crippen LogP contribution in [0.25, 0.3) is 0 Å². The van der Waals surface area contributed by atoms with Gasteiger partial charge in [-0.05, 0) is 44.4 Å². The van der Waals surface area contributed by atoms with E-state index in [1.54, 1.807) is 0 Å². The van der Waals surface area contributed by atoms with Crippen LogP contribution in [0.2, 0.25) is 0 Å². The second-order valence-electron chi connectivity index (χ2n) is 5.28. The van der Waals surface area contributed by atoms with Crippen molar-refractivity contribution in [3.8, 4) is 0 Å². The molecule has 1 fully saturated rings. The van der Waals surface area contributed by atoms with Gasteiger partial charge in [0.05, 0.1) is 5.41 Å². The van der Waals surface area contributed by atoms with Crippen LogP contribution in [-0.2, 0) is 4.79 Å². The van der Waals surface area contributed by atoms with Gasteiger partial charge in [0, 0.05) is 12.2 Å². The van der Waals surface area contributed by atoms with Crippen LogP contribution in [0.4, 0.5) is 5.69 Å². The van der Waals surface area contributed by atoms with E-state index in [9.17, 15) is 4.79 Å². The molecule has 1 aliphatic rings. The lowest BCUT2D eigenvalue weighted by molar-refractivity contribution is -0.124. The van der Waals surface area contributed by atoms with Crippen LogP contribution in [0.5, 0.6) is 0 Å². The Labute approximate surface area is 109 Å². The summed E-state index contributed by atoms with van der Waals surface area (Å²) in [5.41, 5.74) is 3.00. The van der Waals surface area contributed by atoms with Crippen LogP contribution in [0.1, 0.15) is 30.9 Å². The second kappa shape index (κ2) is 5.11. The van der Waals surface area contributed by atoms with Crippen molar-refractivity contribution in [1.82, 2.24) is 5.32 Å². The van der Waals surface area contributed by atoms with Gasteiger partial charge in [0.1, 0.15) is 0 Å². The number of benzene rings is 1. The predicted molar refractivity (Wildman–Crippen MR) is 74.8 cm³/mol. The number of carbonyl (C=O) groups is 1. The average molecular weight is 246 g/mol. The molecule has 2 N–H and O–H groups in total. The van der Waals surface area contributed by atoms with Gasteiger partial charge in [0.2, 0.25) is 5.91 Å². The average Bonchev–Trinajstić information content (AvgIpc) is 2.84. The van der Waals surface area contributed by atoms with Crippen molar-refractivity contribution in [2.75, 3.05) is 18.4 Å². The Morgan fingerprint density at radius 1 is 1.39 bits per heavy atom. The maximum absolute atomic E-state index is 12.5. The Morgan fingerprint density at radius 3 is 2.56 bits per heavy atom. The van der Waals surface area contributed by atoms with E-state index in [0.717, 1.165) is 42.7 Å². The summed E-state index contributed by atoms with van der Waals surface area (Å²) in [6.07, 6.45) is 1.82. The highest BCUT2D eigenvalue weighted by Gasteiger charge is 2.39. The first-order chi connectivity index (χ1) is 8.59. The number of rotatable bonds is 3. The first-order valence-corrected chi connectivity index (χ1v) is 6.67.